The number of hydrogen-bond donors (Lipinski definition) is 1. The SMILES string of the molecule is CC[C@@H](O)C1CCN(Cc2cnc(S(=O)(=O)CC)n2CCc2ccccc2)CC1. The summed E-state index contributed by atoms with van der Waals surface area (Å²) in [5.74, 6) is 0.421. The summed E-state index contributed by atoms with van der Waals surface area (Å²) in [5, 5.41) is 10.3. The molecular formula is C22H33N3O3S. The first-order chi connectivity index (χ1) is 13.9. The van der Waals surface area contributed by atoms with Crippen LogP contribution in [0.4, 0.5) is 0 Å². The highest BCUT2D eigenvalue weighted by Gasteiger charge is 2.26. The van der Waals surface area contributed by atoms with Crippen LogP contribution in [-0.4, -0.2) is 52.9 Å². The molecule has 1 fully saturated rings. The van der Waals surface area contributed by atoms with Crippen LogP contribution in [0.1, 0.15) is 44.4 Å². The van der Waals surface area contributed by atoms with Crippen molar-refractivity contribution in [2.75, 3.05) is 18.8 Å². The lowest BCUT2D eigenvalue weighted by molar-refractivity contribution is 0.0543. The Kier molecular flexibility index (Phi) is 7.49. The Labute approximate surface area is 174 Å². The molecule has 1 aliphatic heterocycles. The van der Waals surface area contributed by atoms with E-state index in [0.29, 0.717) is 19.0 Å². The van der Waals surface area contributed by atoms with Crippen LogP contribution in [0.15, 0.2) is 41.7 Å². The number of aliphatic hydroxyl groups excluding tert-OH is 1. The van der Waals surface area contributed by atoms with Crippen molar-refractivity contribution in [3.8, 4) is 0 Å². The van der Waals surface area contributed by atoms with Gasteiger partial charge in [0, 0.05) is 13.1 Å². The molecule has 29 heavy (non-hydrogen) atoms. The Morgan fingerprint density at radius 3 is 2.48 bits per heavy atom. The predicted octanol–water partition coefficient (Wildman–Crippen LogP) is 2.90. The molecule has 1 aromatic heterocycles. The summed E-state index contributed by atoms with van der Waals surface area (Å²) in [6, 6.07) is 10.1. The first kappa shape index (κ1) is 22.0. The third-order valence-corrected chi connectivity index (χ3v) is 7.65. The number of aryl methyl sites for hydroxylation is 1. The molecule has 1 saturated heterocycles. The van der Waals surface area contributed by atoms with Gasteiger partial charge in [-0.3, -0.25) is 4.90 Å². The van der Waals surface area contributed by atoms with Gasteiger partial charge in [-0.25, -0.2) is 13.4 Å². The van der Waals surface area contributed by atoms with Crippen LogP contribution in [0.2, 0.25) is 0 Å². The van der Waals surface area contributed by atoms with E-state index in [2.05, 4.69) is 22.0 Å². The van der Waals surface area contributed by atoms with Gasteiger partial charge in [0.15, 0.2) is 0 Å². The summed E-state index contributed by atoms with van der Waals surface area (Å²) in [4.78, 5) is 6.65. The lowest BCUT2D eigenvalue weighted by atomic mass is 9.90. The molecule has 160 valence electrons. The summed E-state index contributed by atoms with van der Waals surface area (Å²) in [6.07, 6.45) is 5.03. The maximum Gasteiger partial charge on any atom is 0.227 e. The van der Waals surface area contributed by atoms with Crippen LogP contribution in [0, 0.1) is 5.92 Å². The van der Waals surface area contributed by atoms with Crippen molar-refractivity contribution in [3.05, 3.63) is 47.8 Å². The second-order valence-corrected chi connectivity index (χ2v) is 10.1. The fourth-order valence-electron chi connectivity index (χ4n) is 4.08. The molecule has 1 N–H and O–H groups in total. The minimum atomic E-state index is -3.38. The average Bonchev–Trinajstić information content (AvgIpc) is 3.16. The van der Waals surface area contributed by atoms with Gasteiger partial charge >= 0.3 is 0 Å². The van der Waals surface area contributed by atoms with E-state index in [4.69, 9.17) is 0 Å². The zero-order chi connectivity index (χ0) is 20.9. The van der Waals surface area contributed by atoms with Crippen LogP contribution in [0.3, 0.4) is 0 Å². The number of hydrogen-bond acceptors (Lipinski definition) is 5. The van der Waals surface area contributed by atoms with Crippen molar-refractivity contribution in [1.82, 2.24) is 14.5 Å². The standard InChI is InChI=1S/C22H33N3O3S/c1-3-21(26)19-11-13-24(14-12-19)17-20-16-23-22(29(27,28)4-2)25(20)15-10-18-8-6-5-7-9-18/h5-9,16,19,21,26H,3-4,10-15,17H2,1-2H3/t21-/m1/s1. The minimum Gasteiger partial charge on any atom is -0.393 e. The number of nitrogens with zero attached hydrogens (tertiary/aromatic N) is 3. The van der Waals surface area contributed by atoms with Gasteiger partial charge in [0.25, 0.3) is 0 Å². The van der Waals surface area contributed by atoms with Gasteiger partial charge in [0.2, 0.25) is 15.0 Å². The highest BCUT2D eigenvalue weighted by atomic mass is 32.2. The summed E-state index contributed by atoms with van der Waals surface area (Å²) >= 11 is 0. The Hall–Kier alpha value is -1.70. The van der Waals surface area contributed by atoms with Crippen LogP contribution < -0.4 is 0 Å². The third-order valence-electron chi connectivity index (χ3n) is 6.01. The predicted molar refractivity (Wildman–Crippen MR) is 114 cm³/mol. The first-order valence-electron chi connectivity index (χ1n) is 10.7. The van der Waals surface area contributed by atoms with Crippen molar-refractivity contribution in [2.24, 2.45) is 5.92 Å². The molecule has 3 rings (SSSR count). The van der Waals surface area contributed by atoms with Crippen molar-refractivity contribution >= 4 is 9.84 Å². The summed E-state index contributed by atoms with van der Waals surface area (Å²) in [7, 11) is -3.38. The van der Waals surface area contributed by atoms with E-state index in [1.54, 1.807) is 13.1 Å². The number of sulfone groups is 1. The van der Waals surface area contributed by atoms with E-state index >= 15 is 0 Å². The van der Waals surface area contributed by atoms with E-state index in [9.17, 15) is 13.5 Å². The van der Waals surface area contributed by atoms with Gasteiger partial charge in [0.1, 0.15) is 0 Å². The zero-order valence-corrected chi connectivity index (χ0v) is 18.3. The minimum absolute atomic E-state index is 0.0507. The molecule has 2 aromatic rings. The molecule has 0 spiro atoms. The van der Waals surface area contributed by atoms with E-state index in [1.807, 2.05) is 29.7 Å². The molecule has 0 radical (unpaired) electrons. The number of imidazole rings is 1. The molecule has 1 aliphatic rings. The second kappa shape index (κ2) is 9.87. The van der Waals surface area contributed by atoms with Crippen molar-refractivity contribution in [2.45, 2.75) is 63.9 Å². The summed E-state index contributed by atoms with van der Waals surface area (Å²) < 4.78 is 27.0. The van der Waals surface area contributed by atoms with Crippen LogP contribution in [-0.2, 0) is 29.3 Å². The quantitative estimate of drug-likeness (QED) is 0.676. The monoisotopic (exact) mass is 419 g/mol. The Bertz CT molecular complexity index is 872. The van der Waals surface area contributed by atoms with E-state index in [1.165, 1.54) is 5.56 Å². The van der Waals surface area contributed by atoms with Crippen LogP contribution in [0.5, 0.6) is 0 Å². The number of piperidine rings is 1. The van der Waals surface area contributed by atoms with Gasteiger partial charge in [-0.15, -0.1) is 0 Å². The molecule has 2 heterocycles. The van der Waals surface area contributed by atoms with Crippen LogP contribution >= 0.6 is 0 Å². The topological polar surface area (TPSA) is 75.4 Å². The second-order valence-electron chi connectivity index (χ2n) is 7.91. The van der Waals surface area contributed by atoms with Gasteiger partial charge in [-0.1, -0.05) is 44.2 Å². The van der Waals surface area contributed by atoms with Gasteiger partial charge < -0.3 is 9.67 Å². The molecular weight excluding hydrogens is 386 g/mol. The van der Waals surface area contributed by atoms with E-state index in [0.717, 1.165) is 44.5 Å². The van der Waals surface area contributed by atoms with Gasteiger partial charge in [0.05, 0.1) is 23.7 Å². The fraction of sp³-hybridized carbons (Fsp3) is 0.591. The lowest BCUT2D eigenvalue weighted by Crippen LogP contribution is -2.37. The van der Waals surface area contributed by atoms with Gasteiger partial charge in [-0.2, -0.15) is 0 Å². The third kappa shape index (κ3) is 5.47. The van der Waals surface area contributed by atoms with E-state index < -0.39 is 9.84 Å². The molecule has 0 unspecified atom stereocenters. The van der Waals surface area contributed by atoms with Crippen LogP contribution in [0.25, 0.3) is 0 Å². The highest BCUT2D eigenvalue weighted by Crippen LogP contribution is 2.24. The fourth-order valence-corrected chi connectivity index (χ4v) is 5.09. The van der Waals surface area contributed by atoms with Crippen molar-refractivity contribution in [1.29, 1.82) is 0 Å². The molecule has 0 aliphatic carbocycles. The Morgan fingerprint density at radius 2 is 1.86 bits per heavy atom. The average molecular weight is 420 g/mol. The summed E-state index contributed by atoms with van der Waals surface area (Å²) in [5.41, 5.74) is 2.13. The lowest BCUT2D eigenvalue weighted by Gasteiger charge is -2.34. The number of rotatable bonds is 9. The molecule has 1 aromatic carbocycles. The highest BCUT2D eigenvalue weighted by molar-refractivity contribution is 7.91. The molecule has 6 nitrogen and oxygen atoms in total. The molecule has 0 bridgehead atoms. The number of benzene rings is 1. The summed E-state index contributed by atoms with van der Waals surface area (Å²) in [6.45, 7) is 6.81. The number of aliphatic hydroxyl groups is 1. The Morgan fingerprint density at radius 1 is 1.17 bits per heavy atom. The normalized spacial score (nSPS) is 17.5. The maximum absolute atomic E-state index is 12.6. The maximum atomic E-state index is 12.6. The zero-order valence-electron chi connectivity index (χ0n) is 17.5. The molecule has 1 atom stereocenters. The largest absolute Gasteiger partial charge is 0.393 e. The van der Waals surface area contributed by atoms with Crippen molar-refractivity contribution < 1.29 is 13.5 Å². The van der Waals surface area contributed by atoms with Gasteiger partial charge in [-0.05, 0) is 50.3 Å². The molecule has 0 amide bonds. The Balaban J connectivity index is 1.74. The van der Waals surface area contributed by atoms with E-state index in [-0.39, 0.29) is 17.0 Å². The number of likely N-dealkylation sites (tertiary alicyclic amines) is 1. The molecule has 7 heteroatoms. The number of aromatic nitrogens is 2. The van der Waals surface area contributed by atoms with Crippen molar-refractivity contribution in [3.63, 3.8) is 0 Å². The smallest absolute Gasteiger partial charge is 0.227 e. The molecule has 0 saturated carbocycles. The first-order valence-corrected chi connectivity index (χ1v) is 12.3.